The van der Waals surface area contributed by atoms with Crippen LogP contribution in [0.1, 0.15) is 0 Å². The van der Waals surface area contributed by atoms with Crippen molar-refractivity contribution in [2.24, 2.45) is 0 Å². The summed E-state index contributed by atoms with van der Waals surface area (Å²) in [5, 5.41) is 0. The van der Waals surface area contributed by atoms with Crippen molar-refractivity contribution in [3.63, 3.8) is 0 Å². The maximum atomic E-state index is 14.0. The fraction of sp³-hybridized carbons (Fsp3) is 0.250. The Morgan fingerprint density at radius 2 is 0.864 bits per heavy atom. The number of halogens is 2. The van der Waals surface area contributed by atoms with E-state index in [2.05, 4.69) is 0 Å². The van der Waals surface area contributed by atoms with Crippen molar-refractivity contribution in [3.05, 3.63) is 35.9 Å². The van der Waals surface area contributed by atoms with E-state index in [1.54, 1.807) is 0 Å². The molecule has 0 saturated heterocycles. The van der Waals surface area contributed by atoms with Crippen LogP contribution in [0.25, 0.3) is 11.1 Å². The summed E-state index contributed by atoms with van der Waals surface area (Å²) in [7, 11) is 5.57. The zero-order valence-electron chi connectivity index (χ0n) is 12.7. The Labute approximate surface area is 127 Å². The lowest BCUT2D eigenvalue weighted by atomic mass is 10.0. The van der Waals surface area contributed by atoms with E-state index in [9.17, 15) is 8.78 Å². The lowest BCUT2D eigenvalue weighted by Crippen LogP contribution is -1.97. The molecule has 4 nitrogen and oxygen atoms in total. The highest BCUT2D eigenvalue weighted by Crippen LogP contribution is 2.41. The molecule has 118 valence electrons. The average molecular weight is 310 g/mol. The van der Waals surface area contributed by atoms with Crippen LogP contribution in [0.4, 0.5) is 8.78 Å². The minimum Gasteiger partial charge on any atom is -0.496 e. The second kappa shape index (κ2) is 6.51. The van der Waals surface area contributed by atoms with Crippen LogP contribution in [-0.4, -0.2) is 28.4 Å². The highest BCUT2D eigenvalue weighted by atomic mass is 19.1. The first-order valence-electron chi connectivity index (χ1n) is 6.39. The van der Waals surface area contributed by atoms with Crippen molar-refractivity contribution in [3.8, 4) is 34.1 Å². The number of hydrogen-bond donors (Lipinski definition) is 0. The standard InChI is InChI=1S/C16H16F2O4/c1-19-13-7-15(21-3)11(17)5-9(13)10-6-12(18)16(22-4)8-14(10)20-2/h5-8H,1-4H3. The predicted octanol–water partition coefficient (Wildman–Crippen LogP) is 3.67. The molecule has 2 aromatic rings. The van der Waals surface area contributed by atoms with E-state index in [0.717, 1.165) is 0 Å². The zero-order valence-corrected chi connectivity index (χ0v) is 12.7. The molecule has 0 heterocycles. The number of benzene rings is 2. The highest BCUT2D eigenvalue weighted by Gasteiger charge is 2.19. The first-order valence-corrected chi connectivity index (χ1v) is 6.39. The number of ether oxygens (including phenoxy) is 4. The monoisotopic (exact) mass is 310 g/mol. The Kier molecular flexibility index (Phi) is 4.70. The van der Waals surface area contributed by atoms with Gasteiger partial charge in [0.15, 0.2) is 23.1 Å². The fourth-order valence-electron chi connectivity index (χ4n) is 2.14. The second-order valence-electron chi connectivity index (χ2n) is 4.37. The molecule has 0 unspecified atom stereocenters. The third kappa shape index (κ3) is 2.77. The molecule has 0 fully saturated rings. The second-order valence-corrected chi connectivity index (χ2v) is 4.37. The van der Waals surface area contributed by atoms with Crippen molar-refractivity contribution in [2.75, 3.05) is 28.4 Å². The normalized spacial score (nSPS) is 10.3. The van der Waals surface area contributed by atoms with Crippen LogP contribution in [0.15, 0.2) is 24.3 Å². The van der Waals surface area contributed by atoms with Gasteiger partial charge in [-0.05, 0) is 12.1 Å². The van der Waals surface area contributed by atoms with E-state index < -0.39 is 11.6 Å². The van der Waals surface area contributed by atoms with Crippen LogP contribution < -0.4 is 18.9 Å². The smallest absolute Gasteiger partial charge is 0.165 e. The Balaban J connectivity index is 2.70. The molecule has 0 aliphatic rings. The van der Waals surface area contributed by atoms with Crippen molar-refractivity contribution >= 4 is 0 Å². The molecule has 0 aliphatic heterocycles. The van der Waals surface area contributed by atoms with Crippen LogP contribution in [0, 0.1) is 11.6 Å². The molecule has 0 aliphatic carbocycles. The molecule has 0 amide bonds. The number of hydrogen-bond acceptors (Lipinski definition) is 4. The quantitative estimate of drug-likeness (QED) is 0.844. The van der Waals surface area contributed by atoms with Gasteiger partial charge in [-0.1, -0.05) is 0 Å². The summed E-state index contributed by atoms with van der Waals surface area (Å²) in [4.78, 5) is 0. The maximum absolute atomic E-state index is 14.0. The van der Waals surface area contributed by atoms with Crippen LogP contribution in [0.2, 0.25) is 0 Å². The van der Waals surface area contributed by atoms with E-state index >= 15 is 0 Å². The Morgan fingerprint density at radius 3 is 1.14 bits per heavy atom. The highest BCUT2D eigenvalue weighted by molar-refractivity contribution is 5.77. The maximum Gasteiger partial charge on any atom is 0.165 e. The topological polar surface area (TPSA) is 36.9 Å². The Bertz CT molecular complexity index is 627. The van der Waals surface area contributed by atoms with Crippen LogP contribution in [-0.2, 0) is 0 Å². The summed E-state index contributed by atoms with van der Waals surface area (Å²) in [6.07, 6.45) is 0. The summed E-state index contributed by atoms with van der Waals surface area (Å²) in [6, 6.07) is 5.21. The van der Waals surface area contributed by atoms with Gasteiger partial charge in [0.2, 0.25) is 0 Å². The predicted molar refractivity (Wildman–Crippen MR) is 78.0 cm³/mol. The van der Waals surface area contributed by atoms with Gasteiger partial charge in [0, 0.05) is 23.3 Å². The summed E-state index contributed by atoms with van der Waals surface area (Å²) in [5.41, 5.74) is 0.693. The van der Waals surface area contributed by atoms with E-state index in [1.807, 2.05) is 0 Å². The summed E-state index contributed by atoms with van der Waals surface area (Å²) in [5.74, 6) is -0.433. The third-order valence-corrected chi connectivity index (χ3v) is 3.24. The first-order chi connectivity index (χ1) is 10.5. The number of methoxy groups -OCH3 is 4. The number of rotatable bonds is 5. The molecule has 0 saturated carbocycles. The van der Waals surface area contributed by atoms with Gasteiger partial charge in [-0.2, -0.15) is 0 Å². The molecule has 2 aromatic carbocycles. The molecular weight excluding hydrogens is 294 g/mol. The summed E-state index contributed by atoms with van der Waals surface area (Å²) >= 11 is 0. The largest absolute Gasteiger partial charge is 0.496 e. The fourth-order valence-corrected chi connectivity index (χ4v) is 2.14. The van der Waals surface area contributed by atoms with E-state index in [-0.39, 0.29) is 11.5 Å². The van der Waals surface area contributed by atoms with E-state index in [1.165, 1.54) is 52.7 Å². The van der Waals surface area contributed by atoms with E-state index in [4.69, 9.17) is 18.9 Å². The van der Waals surface area contributed by atoms with Gasteiger partial charge >= 0.3 is 0 Å². The molecule has 0 atom stereocenters. The van der Waals surface area contributed by atoms with Gasteiger partial charge in [0.05, 0.1) is 28.4 Å². The molecule has 0 aromatic heterocycles. The molecule has 22 heavy (non-hydrogen) atoms. The van der Waals surface area contributed by atoms with Gasteiger partial charge in [-0.25, -0.2) is 8.78 Å². The summed E-state index contributed by atoms with van der Waals surface area (Å²) in [6.45, 7) is 0. The molecule has 0 bridgehead atoms. The van der Waals surface area contributed by atoms with Crippen molar-refractivity contribution in [2.45, 2.75) is 0 Å². The summed E-state index contributed by atoms with van der Waals surface area (Å²) < 4.78 is 48.3. The van der Waals surface area contributed by atoms with Gasteiger partial charge in [-0.15, -0.1) is 0 Å². The average Bonchev–Trinajstić information content (AvgIpc) is 2.54. The SMILES string of the molecule is COc1cc(OC)c(-c2cc(F)c(OC)cc2OC)cc1F. The van der Waals surface area contributed by atoms with Gasteiger partial charge in [0.25, 0.3) is 0 Å². The van der Waals surface area contributed by atoms with Crippen LogP contribution in [0.5, 0.6) is 23.0 Å². The van der Waals surface area contributed by atoms with Crippen LogP contribution >= 0.6 is 0 Å². The first kappa shape index (κ1) is 15.9. The van der Waals surface area contributed by atoms with Gasteiger partial charge in [-0.3, -0.25) is 0 Å². The van der Waals surface area contributed by atoms with Crippen molar-refractivity contribution < 1.29 is 27.7 Å². The Hall–Kier alpha value is -2.50. The van der Waals surface area contributed by atoms with E-state index in [0.29, 0.717) is 22.6 Å². The lowest BCUT2D eigenvalue weighted by molar-refractivity contribution is 0.371. The van der Waals surface area contributed by atoms with Gasteiger partial charge < -0.3 is 18.9 Å². The molecular formula is C16H16F2O4. The van der Waals surface area contributed by atoms with Crippen molar-refractivity contribution in [1.29, 1.82) is 0 Å². The van der Waals surface area contributed by atoms with Crippen LogP contribution in [0.3, 0.4) is 0 Å². The lowest BCUT2D eigenvalue weighted by Gasteiger charge is -2.15. The minimum atomic E-state index is -0.587. The van der Waals surface area contributed by atoms with Crippen molar-refractivity contribution in [1.82, 2.24) is 0 Å². The van der Waals surface area contributed by atoms with Gasteiger partial charge in [0.1, 0.15) is 11.5 Å². The third-order valence-electron chi connectivity index (χ3n) is 3.24. The molecule has 6 heteroatoms. The zero-order chi connectivity index (χ0) is 16.3. The molecule has 2 rings (SSSR count). The molecule has 0 spiro atoms. The minimum absolute atomic E-state index is 0.0357. The molecule has 0 radical (unpaired) electrons. The molecule has 0 N–H and O–H groups in total. The Morgan fingerprint density at radius 1 is 0.545 bits per heavy atom.